The van der Waals surface area contributed by atoms with Crippen molar-refractivity contribution in [3.63, 3.8) is 0 Å². The van der Waals surface area contributed by atoms with Crippen LogP contribution in [0.2, 0.25) is 0 Å². The first-order valence-corrected chi connectivity index (χ1v) is 12.0. The second kappa shape index (κ2) is 9.61. The second-order valence-corrected chi connectivity index (χ2v) is 9.68. The van der Waals surface area contributed by atoms with Crippen LogP contribution in [0.25, 0.3) is 0 Å². The zero-order chi connectivity index (χ0) is 21.8. The molecule has 160 valence electrons. The smallest absolute Gasteiger partial charge is 0.259 e. The molecule has 1 amide bonds. The SMILES string of the molecule is Cc1ccc(C=Nc2sc3c(c2C(=O)Nc2cc(C)cc(C)c2)CCCCCC3)cc1. The predicted octanol–water partition coefficient (Wildman–Crippen LogP) is 7.34. The van der Waals surface area contributed by atoms with Crippen molar-refractivity contribution < 1.29 is 4.79 Å². The molecule has 31 heavy (non-hydrogen) atoms. The molecule has 1 aliphatic rings. The molecule has 3 aromatic rings. The standard InChI is InChI=1S/C27H30N2OS/c1-18-10-12-21(13-11-18)17-28-27-25(23-8-6-4-5-7-9-24(23)31-27)26(30)29-22-15-19(2)14-20(3)16-22/h10-17H,4-9H2,1-3H3,(H,29,30). The molecular weight excluding hydrogens is 400 g/mol. The average Bonchev–Trinajstić information content (AvgIpc) is 3.03. The van der Waals surface area contributed by atoms with E-state index in [0.717, 1.165) is 52.2 Å². The summed E-state index contributed by atoms with van der Waals surface area (Å²) in [5, 5.41) is 3.98. The molecule has 0 fully saturated rings. The van der Waals surface area contributed by atoms with Gasteiger partial charge in [0, 0.05) is 16.8 Å². The Labute approximate surface area is 189 Å². The zero-order valence-corrected chi connectivity index (χ0v) is 19.4. The number of aliphatic imine (C=N–C) groups is 1. The fourth-order valence-electron chi connectivity index (χ4n) is 4.26. The van der Waals surface area contributed by atoms with Gasteiger partial charge in [-0.1, -0.05) is 48.7 Å². The van der Waals surface area contributed by atoms with Crippen LogP contribution in [0.5, 0.6) is 0 Å². The molecule has 0 atom stereocenters. The summed E-state index contributed by atoms with van der Waals surface area (Å²) in [6, 6.07) is 14.5. The van der Waals surface area contributed by atoms with Gasteiger partial charge >= 0.3 is 0 Å². The zero-order valence-electron chi connectivity index (χ0n) is 18.6. The number of anilines is 1. The summed E-state index contributed by atoms with van der Waals surface area (Å²) in [6.07, 6.45) is 8.71. The first kappa shape index (κ1) is 21.5. The number of hydrogen-bond acceptors (Lipinski definition) is 3. The van der Waals surface area contributed by atoms with Crippen molar-refractivity contribution in [1.82, 2.24) is 0 Å². The maximum absolute atomic E-state index is 13.5. The summed E-state index contributed by atoms with van der Waals surface area (Å²) in [5.74, 6) is -0.0425. The number of amides is 1. The number of fused-ring (bicyclic) bond motifs is 1. The van der Waals surface area contributed by atoms with Crippen LogP contribution in [0.1, 0.15) is 68.7 Å². The molecule has 0 unspecified atom stereocenters. The van der Waals surface area contributed by atoms with Crippen molar-refractivity contribution >= 4 is 34.1 Å². The number of carbonyl (C=O) groups excluding carboxylic acids is 1. The Morgan fingerprint density at radius 3 is 2.29 bits per heavy atom. The highest BCUT2D eigenvalue weighted by molar-refractivity contribution is 7.16. The number of rotatable bonds is 4. The van der Waals surface area contributed by atoms with E-state index in [2.05, 4.69) is 56.4 Å². The molecule has 2 aromatic carbocycles. The largest absolute Gasteiger partial charge is 0.322 e. The van der Waals surface area contributed by atoms with Gasteiger partial charge in [-0.05, 0) is 80.8 Å². The van der Waals surface area contributed by atoms with Gasteiger partial charge in [-0.25, -0.2) is 4.99 Å². The van der Waals surface area contributed by atoms with Gasteiger partial charge in [0.25, 0.3) is 5.91 Å². The number of nitrogens with one attached hydrogen (secondary N) is 1. The summed E-state index contributed by atoms with van der Waals surface area (Å²) in [6.45, 7) is 6.19. The van der Waals surface area contributed by atoms with Crippen LogP contribution < -0.4 is 5.32 Å². The summed E-state index contributed by atoms with van der Waals surface area (Å²) >= 11 is 1.69. The van der Waals surface area contributed by atoms with Gasteiger partial charge in [-0.3, -0.25) is 4.79 Å². The lowest BCUT2D eigenvalue weighted by molar-refractivity contribution is 0.102. The van der Waals surface area contributed by atoms with E-state index in [9.17, 15) is 4.79 Å². The monoisotopic (exact) mass is 430 g/mol. The number of hydrogen-bond donors (Lipinski definition) is 1. The molecular formula is C27H30N2OS. The summed E-state index contributed by atoms with van der Waals surface area (Å²) in [7, 11) is 0. The number of carbonyl (C=O) groups is 1. The quantitative estimate of drug-likeness (QED) is 0.432. The molecule has 1 N–H and O–H groups in total. The molecule has 1 heterocycles. The van der Waals surface area contributed by atoms with Crippen LogP contribution >= 0.6 is 11.3 Å². The Hall–Kier alpha value is -2.72. The Morgan fingerprint density at radius 2 is 1.58 bits per heavy atom. The maximum atomic E-state index is 13.5. The third-order valence-electron chi connectivity index (χ3n) is 5.77. The molecule has 0 bridgehead atoms. The van der Waals surface area contributed by atoms with Crippen molar-refractivity contribution in [2.75, 3.05) is 5.32 Å². The van der Waals surface area contributed by atoms with Crippen LogP contribution in [0.3, 0.4) is 0 Å². The van der Waals surface area contributed by atoms with Crippen molar-refractivity contribution in [3.05, 3.63) is 80.7 Å². The Balaban J connectivity index is 1.70. The number of benzene rings is 2. The van der Waals surface area contributed by atoms with Crippen molar-refractivity contribution in [2.24, 2.45) is 4.99 Å². The molecule has 3 nitrogen and oxygen atoms in total. The molecule has 0 saturated carbocycles. The molecule has 4 rings (SSSR count). The van der Waals surface area contributed by atoms with Crippen molar-refractivity contribution in [3.8, 4) is 0 Å². The van der Waals surface area contributed by atoms with Crippen LogP contribution in [0, 0.1) is 20.8 Å². The van der Waals surface area contributed by atoms with Gasteiger partial charge in [0.1, 0.15) is 5.00 Å². The molecule has 0 spiro atoms. The summed E-state index contributed by atoms with van der Waals surface area (Å²) in [4.78, 5) is 19.6. The van der Waals surface area contributed by atoms with E-state index < -0.39 is 0 Å². The molecule has 0 aliphatic heterocycles. The molecule has 0 radical (unpaired) electrons. The Morgan fingerprint density at radius 1 is 0.903 bits per heavy atom. The van der Waals surface area contributed by atoms with E-state index in [1.807, 2.05) is 18.3 Å². The normalized spacial score (nSPS) is 14.2. The predicted molar refractivity (Wildman–Crippen MR) is 132 cm³/mol. The average molecular weight is 431 g/mol. The highest BCUT2D eigenvalue weighted by Crippen LogP contribution is 2.39. The van der Waals surface area contributed by atoms with Gasteiger partial charge in [-0.2, -0.15) is 0 Å². The lowest BCUT2D eigenvalue weighted by atomic mass is 9.96. The first-order valence-electron chi connectivity index (χ1n) is 11.1. The number of thiophene rings is 1. The molecule has 1 aromatic heterocycles. The first-order chi connectivity index (χ1) is 15.0. The summed E-state index contributed by atoms with van der Waals surface area (Å²) in [5.41, 5.74) is 7.40. The molecule has 4 heteroatoms. The number of aryl methyl sites for hydroxylation is 4. The van der Waals surface area contributed by atoms with Gasteiger partial charge in [-0.15, -0.1) is 11.3 Å². The van der Waals surface area contributed by atoms with Gasteiger partial charge in [0.15, 0.2) is 0 Å². The fraction of sp³-hybridized carbons (Fsp3) is 0.333. The Kier molecular flexibility index (Phi) is 6.67. The molecule has 0 saturated heterocycles. The highest BCUT2D eigenvalue weighted by Gasteiger charge is 2.24. The van der Waals surface area contributed by atoms with Crippen molar-refractivity contribution in [2.45, 2.75) is 59.3 Å². The topological polar surface area (TPSA) is 41.5 Å². The van der Waals surface area contributed by atoms with E-state index in [0.29, 0.717) is 0 Å². The van der Waals surface area contributed by atoms with Crippen LogP contribution in [0.4, 0.5) is 10.7 Å². The number of nitrogens with zero attached hydrogens (tertiary/aromatic N) is 1. The van der Waals surface area contributed by atoms with E-state index in [-0.39, 0.29) is 5.91 Å². The lowest BCUT2D eigenvalue weighted by Crippen LogP contribution is -2.14. The third-order valence-corrected chi connectivity index (χ3v) is 6.97. The third kappa shape index (κ3) is 5.31. The minimum atomic E-state index is -0.0425. The van der Waals surface area contributed by atoms with Crippen LogP contribution in [0.15, 0.2) is 47.5 Å². The van der Waals surface area contributed by atoms with E-state index >= 15 is 0 Å². The fourth-order valence-corrected chi connectivity index (χ4v) is 5.49. The van der Waals surface area contributed by atoms with Gasteiger partial charge < -0.3 is 5.32 Å². The minimum Gasteiger partial charge on any atom is -0.322 e. The molecule has 1 aliphatic carbocycles. The van der Waals surface area contributed by atoms with Gasteiger partial charge in [0.05, 0.1) is 5.56 Å². The van der Waals surface area contributed by atoms with Crippen molar-refractivity contribution in [1.29, 1.82) is 0 Å². The minimum absolute atomic E-state index is 0.0425. The van der Waals surface area contributed by atoms with E-state index in [4.69, 9.17) is 4.99 Å². The van der Waals surface area contributed by atoms with E-state index in [1.54, 1.807) is 11.3 Å². The van der Waals surface area contributed by atoms with Crippen LogP contribution in [-0.2, 0) is 12.8 Å². The van der Waals surface area contributed by atoms with Gasteiger partial charge in [0.2, 0.25) is 0 Å². The maximum Gasteiger partial charge on any atom is 0.259 e. The lowest BCUT2D eigenvalue weighted by Gasteiger charge is -2.12. The Bertz CT molecular complexity index is 1090. The highest BCUT2D eigenvalue weighted by atomic mass is 32.1. The van der Waals surface area contributed by atoms with Crippen LogP contribution in [-0.4, -0.2) is 12.1 Å². The van der Waals surface area contributed by atoms with E-state index in [1.165, 1.54) is 35.3 Å². The summed E-state index contributed by atoms with van der Waals surface area (Å²) < 4.78 is 0. The second-order valence-electron chi connectivity index (χ2n) is 8.60.